The van der Waals surface area contributed by atoms with Crippen molar-refractivity contribution < 1.29 is 4.74 Å². The second kappa shape index (κ2) is 5.70. The van der Waals surface area contributed by atoms with Crippen molar-refractivity contribution in [1.82, 2.24) is 4.98 Å². The van der Waals surface area contributed by atoms with Crippen molar-refractivity contribution in [3.63, 3.8) is 0 Å². The fourth-order valence-electron chi connectivity index (χ4n) is 1.19. The van der Waals surface area contributed by atoms with Crippen LogP contribution in [-0.2, 0) is 11.2 Å². The third-order valence-corrected chi connectivity index (χ3v) is 1.83. The lowest BCUT2D eigenvalue weighted by Crippen LogP contribution is -2.12. The van der Waals surface area contributed by atoms with Crippen LogP contribution in [-0.4, -0.2) is 17.7 Å². The molecule has 0 aliphatic heterocycles. The molecule has 0 aliphatic carbocycles. The molecule has 2 heteroatoms. The van der Waals surface area contributed by atoms with Gasteiger partial charge in [0.05, 0.1) is 6.10 Å². The molecule has 0 spiro atoms. The van der Waals surface area contributed by atoms with Crippen LogP contribution < -0.4 is 0 Å². The lowest BCUT2D eigenvalue weighted by Gasteiger charge is -2.11. The van der Waals surface area contributed by atoms with E-state index in [4.69, 9.17) is 4.74 Å². The van der Waals surface area contributed by atoms with Crippen molar-refractivity contribution in [2.24, 2.45) is 0 Å². The highest BCUT2D eigenvalue weighted by molar-refractivity contribution is 5.04. The van der Waals surface area contributed by atoms with Gasteiger partial charge in [-0.25, -0.2) is 0 Å². The van der Waals surface area contributed by atoms with Gasteiger partial charge in [0.15, 0.2) is 0 Å². The summed E-state index contributed by atoms with van der Waals surface area (Å²) in [4.78, 5) is 4.25. The number of rotatable bonds is 5. The van der Waals surface area contributed by atoms with Crippen LogP contribution in [0.25, 0.3) is 0 Å². The highest BCUT2D eigenvalue weighted by atomic mass is 16.5. The second-order valence-corrected chi connectivity index (χ2v) is 3.21. The zero-order valence-electron chi connectivity index (χ0n) is 8.36. The first-order valence-electron chi connectivity index (χ1n) is 4.84. The first-order chi connectivity index (χ1) is 6.33. The number of hydrogen-bond donors (Lipinski definition) is 0. The van der Waals surface area contributed by atoms with Gasteiger partial charge in [0.2, 0.25) is 0 Å². The van der Waals surface area contributed by atoms with Crippen LogP contribution in [0, 0.1) is 0 Å². The maximum atomic E-state index is 5.56. The molecule has 0 bridgehead atoms. The third kappa shape index (κ3) is 4.04. The lowest BCUT2D eigenvalue weighted by atomic mass is 10.2. The molecule has 0 fully saturated rings. The molecule has 1 atom stereocenters. The number of nitrogens with zero attached hydrogens (tertiary/aromatic N) is 1. The maximum Gasteiger partial charge on any atom is 0.0602 e. The minimum absolute atomic E-state index is 0.273. The largest absolute Gasteiger partial charge is 0.378 e. The monoisotopic (exact) mass is 179 g/mol. The summed E-state index contributed by atoms with van der Waals surface area (Å²) in [6.07, 6.45) is 4.07. The zero-order valence-corrected chi connectivity index (χ0v) is 8.36. The van der Waals surface area contributed by atoms with E-state index < -0.39 is 0 Å². The predicted octanol–water partition coefficient (Wildman–Crippen LogP) is 2.44. The Morgan fingerprint density at radius 1 is 1.46 bits per heavy atom. The summed E-state index contributed by atoms with van der Waals surface area (Å²) in [7, 11) is 0. The summed E-state index contributed by atoms with van der Waals surface area (Å²) >= 11 is 0. The van der Waals surface area contributed by atoms with E-state index in [0.717, 1.165) is 25.1 Å². The molecule has 2 nitrogen and oxygen atoms in total. The highest BCUT2D eigenvalue weighted by Crippen LogP contribution is 2.02. The molecule has 1 rings (SSSR count). The molecule has 0 radical (unpaired) electrons. The van der Waals surface area contributed by atoms with Crippen LogP contribution in [0.15, 0.2) is 24.4 Å². The molecule has 0 saturated heterocycles. The summed E-state index contributed by atoms with van der Waals surface area (Å²) in [5.74, 6) is 0. The first kappa shape index (κ1) is 10.2. The van der Waals surface area contributed by atoms with Gasteiger partial charge in [0, 0.05) is 24.9 Å². The third-order valence-electron chi connectivity index (χ3n) is 1.83. The molecular weight excluding hydrogens is 162 g/mol. The first-order valence-corrected chi connectivity index (χ1v) is 4.84. The minimum atomic E-state index is 0.273. The van der Waals surface area contributed by atoms with Gasteiger partial charge in [0.25, 0.3) is 0 Å². The van der Waals surface area contributed by atoms with Crippen LogP contribution in [0.1, 0.15) is 26.0 Å². The fourth-order valence-corrected chi connectivity index (χ4v) is 1.19. The van der Waals surface area contributed by atoms with E-state index >= 15 is 0 Å². The molecule has 0 aromatic carbocycles. The number of ether oxygens (including phenoxy) is 1. The zero-order chi connectivity index (χ0) is 9.52. The second-order valence-electron chi connectivity index (χ2n) is 3.21. The Kier molecular flexibility index (Phi) is 4.47. The van der Waals surface area contributed by atoms with Crippen molar-refractivity contribution in [1.29, 1.82) is 0 Å². The van der Waals surface area contributed by atoms with Crippen LogP contribution in [0.3, 0.4) is 0 Å². The minimum Gasteiger partial charge on any atom is -0.378 e. The van der Waals surface area contributed by atoms with E-state index in [0.29, 0.717) is 0 Å². The molecule has 0 N–H and O–H groups in total. The molecule has 0 aliphatic rings. The summed E-state index contributed by atoms with van der Waals surface area (Å²) in [6.45, 7) is 5.05. The topological polar surface area (TPSA) is 22.1 Å². The van der Waals surface area contributed by atoms with Gasteiger partial charge in [-0.1, -0.05) is 13.0 Å². The van der Waals surface area contributed by atoms with Crippen LogP contribution >= 0.6 is 0 Å². The van der Waals surface area contributed by atoms with E-state index in [1.54, 1.807) is 0 Å². The Morgan fingerprint density at radius 3 is 2.92 bits per heavy atom. The summed E-state index contributed by atoms with van der Waals surface area (Å²) < 4.78 is 5.56. The SMILES string of the molecule is CCCOC(C)Cc1ccccn1. The van der Waals surface area contributed by atoms with Gasteiger partial charge in [-0.05, 0) is 25.5 Å². The summed E-state index contributed by atoms with van der Waals surface area (Å²) in [5.41, 5.74) is 1.10. The van der Waals surface area contributed by atoms with Gasteiger partial charge in [-0.3, -0.25) is 4.98 Å². The van der Waals surface area contributed by atoms with Gasteiger partial charge >= 0.3 is 0 Å². The Bertz CT molecular complexity index is 223. The highest BCUT2D eigenvalue weighted by Gasteiger charge is 2.02. The van der Waals surface area contributed by atoms with Gasteiger partial charge in [0.1, 0.15) is 0 Å². The van der Waals surface area contributed by atoms with Gasteiger partial charge in [-0.2, -0.15) is 0 Å². The molecule has 1 unspecified atom stereocenters. The van der Waals surface area contributed by atoms with Crippen LogP contribution in [0.4, 0.5) is 0 Å². The standard InChI is InChI=1S/C11H17NO/c1-3-8-13-10(2)9-11-6-4-5-7-12-11/h4-7,10H,3,8-9H2,1-2H3. The number of hydrogen-bond acceptors (Lipinski definition) is 2. The van der Waals surface area contributed by atoms with Crippen LogP contribution in [0.5, 0.6) is 0 Å². The molecular formula is C11H17NO. The molecule has 1 aromatic rings. The lowest BCUT2D eigenvalue weighted by molar-refractivity contribution is 0.0663. The van der Waals surface area contributed by atoms with E-state index in [2.05, 4.69) is 18.8 Å². The van der Waals surface area contributed by atoms with Crippen molar-refractivity contribution in [3.8, 4) is 0 Å². The van der Waals surface area contributed by atoms with E-state index in [1.165, 1.54) is 0 Å². The Balaban J connectivity index is 2.32. The summed E-state index contributed by atoms with van der Waals surface area (Å²) in [6, 6.07) is 5.97. The molecule has 1 heterocycles. The fraction of sp³-hybridized carbons (Fsp3) is 0.545. The average Bonchev–Trinajstić information content (AvgIpc) is 2.16. The Hall–Kier alpha value is -0.890. The van der Waals surface area contributed by atoms with Crippen molar-refractivity contribution >= 4 is 0 Å². The van der Waals surface area contributed by atoms with E-state index in [1.807, 2.05) is 24.4 Å². The van der Waals surface area contributed by atoms with Gasteiger partial charge < -0.3 is 4.74 Å². The molecule has 0 saturated carbocycles. The Labute approximate surface area is 80.0 Å². The molecule has 72 valence electrons. The average molecular weight is 179 g/mol. The van der Waals surface area contributed by atoms with E-state index in [9.17, 15) is 0 Å². The number of pyridine rings is 1. The normalized spacial score (nSPS) is 12.8. The summed E-state index contributed by atoms with van der Waals surface area (Å²) in [5, 5.41) is 0. The smallest absolute Gasteiger partial charge is 0.0602 e. The molecule has 0 amide bonds. The Morgan fingerprint density at radius 2 is 2.31 bits per heavy atom. The van der Waals surface area contributed by atoms with Gasteiger partial charge in [-0.15, -0.1) is 0 Å². The van der Waals surface area contributed by atoms with Crippen molar-refractivity contribution in [2.45, 2.75) is 32.8 Å². The van der Waals surface area contributed by atoms with Crippen LogP contribution in [0.2, 0.25) is 0 Å². The van der Waals surface area contributed by atoms with Crippen molar-refractivity contribution in [3.05, 3.63) is 30.1 Å². The van der Waals surface area contributed by atoms with Crippen molar-refractivity contribution in [2.75, 3.05) is 6.61 Å². The quantitative estimate of drug-likeness (QED) is 0.692. The predicted molar refractivity (Wildman–Crippen MR) is 53.6 cm³/mol. The molecule has 13 heavy (non-hydrogen) atoms. The van der Waals surface area contributed by atoms with E-state index in [-0.39, 0.29) is 6.10 Å². The number of aromatic nitrogens is 1. The molecule has 1 aromatic heterocycles. The maximum absolute atomic E-state index is 5.56.